The minimum absolute atomic E-state index is 0. The molecule has 6 N–H and O–H groups in total. The Morgan fingerprint density at radius 2 is 0.103 bits per heavy atom. The van der Waals surface area contributed by atoms with Crippen LogP contribution in [0.5, 0.6) is 0 Å². The molecule has 3 nitrogen and oxygen atoms in total. The van der Waals surface area contributed by atoms with Gasteiger partial charge in [0.2, 0.25) is 0 Å². The Balaban J connectivity index is 0. The molecule has 0 bridgehead atoms. The van der Waals surface area contributed by atoms with E-state index in [0.29, 0.717) is 0 Å². The molecule has 0 fully saturated rings. The van der Waals surface area contributed by atoms with Gasteiger partial charge in [-0.2, -0.15) is 0 Å². The summed E-state index contributed by atoms with van der Waals surface area (Å²) in [5, 5.41) is 0. The maximum atomic E-state index is 0. The molecule has 0 heterocycles. The van der Waals surface area contributed by atoms with E-state index in [1.807, 2.05) is 0 Å². The number of rotatable bonds is 0. The minimum Gasteiger partial charge on any atom is -1.00 e. The van der Waals surface area contributed by atoms with Crippen molar-refractivity contribution in [2.24, 2.45) is 0 Å². The quantitative estimate of drug-likeness (QED) is 0.228. The fraction of sp³-hybridized carbons (Fsp3) is 0. The van der Waals surface area contributed by atoms with Gasteiger partial charge in [-0.3, -0.25) is 0 Å². The van der Waals surface area contributed by atoms with Gasteiger partial charge in [-0.15, -0.1) is 0 Å². The van der Waals surface area contributed by atoms with E-state index >= 15 is 0 Å². The predicted molar refractivity (Wildman–Crippen MR) is 39.8 cm³/mol. The van der Waals surface area contributed by atoms with Gasteiger partial charge < -0.3 is 53.5 Å². The van der Waals surface area contributed by atoms with Crippen molar-refractivity contribution in [3.63, 3.8) is 0 Å². The molecule has 0 aromatic heterocycles. The number of hydrogen-bond donors (Lipinski definition) is 0. The van der Waals surface area contributed by atoms with Crippen molar-refractivity contribution in [2.45, 2.75) is 0 Å². The summed E-state index contributed by atoms with van der Waals surface area (Å²) in [5.74, 6) is 0. The molecule has 0 atom stereocenters. The average molecular weight is 678 g/mol. The first kappa shape index (κ1) is 238. The van der Waals surface area contributed by atoms with Gasteiger partial charge in [0.05, 0.1) is 0 Å². The van der Waals surface area contributed by atoms with Crippen molar-refractivity contribution in [2.75, 3.05) is 0 Å². The Kier molecular flexibility index (Phi) is 1850. The van der Waals surface area contributed by atoms with Crippen LogP contribution in [0.15, 0.2) is 0 Å². The van der Waals surface area contributed by atoms with Gasteiger partial charge in [0.15, 0.2) is 0 Å². The fourth-order valence-electron chi connectivity index (χ4n) is 0. The van der Waals surface area contributed by atoms with Crippen LogP contribution in [-0.2, 0) is 0 Å². The average Bonchev–Trinajstić information content (AvgIpc) is 0. The molecule has 0 radical (unpaired) electrons. The zero-order valence-electron chi connectivity index (χ0n) is 53.5. The first-order chi connectivity index (χ1) is 0. The minimum atomic E-state index is 0. The molecular weight excluding hydrogens is 646 g/mol. The molecule has 29 heavy (non-hydrogen) atoms. The molecule has 0 aliphatic rings. The van der Waals surface area contributed by atoms with Gasteiger partial charge in [-0.1, -0.05) is 0 Å². The molecule has 76 valence electrons. The monoisotopic (exact) mass is 678 g/mol. The van der Waals surface area contributed by atoms with Gasteiger partial charge in [0, 0.05) is 0 Å². The molecule has 29 heteroatoms. The van der Waals surface area contributed by atoms with Crippen molar-refractivity contribution in [1.29, 1.82) is 0 Å². The third-order valence-corrected chi connectivity index (χ3v) is 0. The summed E-state index contributed by atoms with van der Waals surface area (Å²) in [6, 6.07) is 0. The third-order valence-electron chi connectivity index (χ3n) is 0. The first-order valence-corrected chi connectivity index (χ1v) is 0. The largest absolute Gasteiger partial charge is 1.00 e. The van der Waals surface area contributed by atoms with Crippen LogP contribution in [0, 0.1) is 0 Å². The topological polar surface area (TPSA) is 94.5 Å². The van der Waals surface area contributed by atoms with Crippen LogP contribution in [0.1, 0.15) is 37.1 Å². The molecule has 0 spiro atoms. The van der Waals surface area contributed by atoms with Gasteiger partial charge in [-0.25, -0.2) is 0 Å². The van der Waals surface area contributed by atoms with Gasteiger partial charge >= 0.3 is 768 Å². The van der Waals surface area contributed by atoms with Crippen LogP contribution in [-0.4, -0.2) is 16.4 Å². The zero-order chi connectivity index (χ0) is 0. The van der Waals surface area contributed by atoms with Gasteiger partial charge in [0.1, 0.15) is 0 Å². The second-order valence-electron chi connectivity index (χ2n) is 0. The van der Waals surface area contributed by atoms with Gasteiger partial charge in [-0.05, 0) is 0 Å². The smallest absolute Gasteiger partial charge is 1.00 e. The van der Waals surface area contributed by atoms with E-state index in [4.69, 9.17) is 0 Å². The van der Waals surface area contributed by atoms with Crippen molar-refractivity contribution in [3.05, 3.63) is 0 Å². The van der Waals surface area contributed by atoms with Crippen molar-refractivity contribution in [1.82, 2.24) is 0 Å². The summed E-state index contributed by atoms with van der Waals surface area (Å²) in [4.78, 5) is 0. The molecule has 0 unspecified atom stereocenters. The second-order valence-corrected chi connectivity index (χ2v) is 0. The summed E-state index contributed by atoms with van der Waals surface area (Å²) >= 11 is 0. The maximum absolute atomic E-state index is 0. The molecule has 0 amide bonds. The predicted octanol–water partition coefficient (Wildman–Crippen LogP) is -77.4. The van der Waals surface area contributed by atoms with E-state index in [9.17, 15) is 0 Å². The summed E-state index contributed by atoms with van der Waals surface area (Å²) in [6.07, 6.45) is 0. The Morgan fingerprint density at radius 1 is 0.103 bits per heavy atom. The van der Waals surface area contributed by atoms with E-state index in [-0.39, 0.29) is 822 Å². The zero-order valence-corrected chi connectivity index (χ0v) is 79.5. The van der Waals surface area contributed by atoms with Crippen LogP contribution in [0.4, 0.5) is 0 Å². The van der Waals surface area contributed by atoms with E-state index in [2.05, 4.69) is 0 Å². The molecule has 0 rings (SSSR count). The van der Waals surface area contributed by atoms with Crippen molar-refractivity contribution in [3.8, 4) is 0 Å². The Labute approximate surface area is 795 Å². The van der Waals surface area contributed by atoms with Crippen LogP contribution >= 0.6 is 0 Å². The molecular formula is H32Na26O3. The van der Waals surface area contributed by atoms with E-state index in [1.165, 1.54) is 0 Å². The fourth-order valence-corrected chi connectivity index (χ4v) is 0. The standard InChI is InChI=1S/26Na.3H2O.26H/h;;;;;;;;;;;;;;;;;;;;;;;;;;3*1H2;;;;;;;;;;;;;;;;;;;;;;;;;;/q26*+1;;;;26*-1. The maximum Gasteiger partial charge on any atom is 1.00 e. The molecule has 0 aliphatic heterocycles. The second kappa shape index (κ2) is 225. The summed E-state index contributed by atoms with van der Waals surface area (Å²) in [6.45, 7) is 0. The molecule has 0 saturated heterocycles. The van der Waals surface area contributed by atoms with Crippen LogP contribution in [0.3, 0.4) is 0 Å². The van der Waals surface area contributed by atoms with Crippen LogP contribution < -0.4 is 768 Å². The SMILES string of the molecule is O.O.O.[H-].[H-].[H-].[H-].[H-].[H-].[H-].[H-].[H-].[H-].[H-].[H-].[H-].[H-].[H-].[H-].[H-].[H-].[H-].[H-].[H-].[H-].[H-].[H-].[H-].[H-].[Na+].[Na+].[Na+].[Na+].[Na+].[Na+].[Na+].[Na+].[Na+].[Na+].[Na+].[Na+].[Na+].[Na+].[Na+].[Na+].[Na+].[Na+].[Na+].[Na+].[Na+].[Na+].[Na+].[Na+].[Na+].[Na+]. The Hall–Kier alpha value is 25.9. The van der Waals surface area contributed by atoms with Crippen LogP contribution in [0.2, 0.25) is 0 Å². The van der Waals surface area contributed by atoms with E-state index in [1.54, 1.807) is 0 Å². The normalized spacial score (nSPS) is 0. The summed E-state index contributed by atoms with van der Waals surface area (Å²) in [7, 11) is 0. The molecule has 0 aliphatic carbocycles. The number of hydrogen-bond acceptors (Lipinski definition) is 0. The third kappa shape index (κ3) is 217. The van der Waals surface area contributed by atoms with E-state index < -0.39 is 0 Å². The van der Waals surface area contributed by atoms with Crippen molar-refractivity contribution < 1.29 is 822 Å². The first-order valence-electron chi connectivity index (χ1n) is 0. The molecule has 0 saturated carbocycles. The summed E-state index contributed by atoms with van der Waals surface area (Å²) in [5.41, 5.74) is 0. The van der Waals surface area contributed by atoms with E-state index in [0.717, 1.165) is 0 Å². The van der Waals surface area contributed by atoms with Crippen LogP contribution in [0.25, 0.3) is 0 Å². The summed E-state index contributed by atoms with van der Waals surface area (Å²) < 4.78 is 0. The van der Waals surface area contributed by atoms with Crippen molar-refractivity contribution >= 4 is 0 Å². The molecule has 0 aromatic carbocycles. The van der Waals surface area contributed by atoms with Gasteiger partial charge in [0.25, 0.3) is 0 Å². The Morgan fingerprint density at radius 3 is 0.103 bits per heavy atom. The Bertz CT molecular complexity index is 68.8. The molecule has 0 aromatic rings.